The molecule has 0 spiro atoms. The molecule has 0 fully saturated rings. The summed E-state index contributed by atoms with van der Waals surface area (Å²) in [6.45, 7) is 4.42. The second-order valence-corrected chi connectivity index (χ2v) is 6.63. The van der Waals surface area contributed by atoms with Gasteiger partial charge in [-0.1, -0.05) is 34.6 Å². The maximum Gasteiger partial charge on any atom is 0.262 e. The highest BCUT2D eigenvalue weighted by atomic mass is 79.9. The second-order valence-electron chi connectivity index (χ2n) is 4.40. The van der Waals surface area contributed by atoms with Crippen molar-refractivity contribution in [1.29, 1.82) is 5.26 Å². The van der Waals surface area contributed by atoms with Crippen LogP contribution in [0.4, 0.5) is 0 Å². The van der Waals surface area contributed by atoms with Gasteiger partial charge in [0.2, 0.25) is 0 Å². The van der Waals surface area contributed by atoms with Crippen LogP contribution in [-0.2, 0) is 6.54 Å². The van der Waals surface area contributed by atoms with E-state index in [2.05, 4.69) is 27.0 Å². The van der Waals surface area contributed by atoms with Crippen molar-refractivity contribution in [2.24, 2.45) is 0 Å². The Bertz CT molecular complexity index is 736. The molecular weight excluding hydrogens is 338 g/mol. The van der Waals surface area contributed by atoms with Gasteiger partial charge < -0.3 is 0 Å². The summed E-state index contributed by atoms with van der Waals surface area (Å²) in [7, 11) is 0. The lowest BCUT2D eigenvalue weighted by Gasteiger charge is -2.13. The average molecular weight is 352 g/mol. The average Bonchev–Trinajstić information content (AvgIpc) is 2.44. The molecule has 0 aliphatic carbocycles. The Kier molecular flexibility index (Phi) is 4.84. The van der Waals surface area contributed by atoms with E-state index in [1.165, 1.54) is 11.8 Å². The van der Waals surface area contributed by atoms with Crippen LogP contribution in [-0.4, -0.2) is 14.8 Å². The molecular formula is C14H14BrN3OS. The number of hydrogen-bond acceptors (Lipinski definition) is 4. The zero-order chi connectivity index (χ0) is 14.7. The number of halogens is 1. The minimum atomic E-state index is -0.238. The molecule has 0 saturated carbocycles. The fraction of sp³-hybridized carbons (Fsp3) is 0.357. The minimum Gasteiger partial charge on any atom is -0.287 e. The van der Waals surface area contributed by atoms with E-state index in [-0.39, 0.29) is 10.8 Å². The Balaban J connectivity index is 2.67. The van der Waals surface area contributed by atoms with Gasteiger partial charge in [-0.2, -0.15) is 5.26 Å². The van der Waals surface area contributed by atoms with Gasteiger partial charge in [0, 0.05) is 11.0 Å². The van der Waals surface area contributed by atoms with Gasteiger partial charge >= 0.3 is 0 Å². The third kappa shape index (κ3) is 3.05. The van der Waals surface area contributed by atoms with Crippen molar-refractivity contribution in [3.05, 3.63) is 33.0 Å². The van der Waals surface area contributed by atoms with E-state index in [1.807, 2.05) is 19.1 Å². The molecule has 0 N–H and O–H groups in total. The van der Waals surface area contributed by atoms with E-state index in [4.69, 9.17) is 5.26 Å². The first-order valence-electron chi connectivity index (χ1n) is 6.33. The quantitative estimate of drug-likeness (QED) is 0.623. The first kappa shape index (κ1) is 15.1. The summed E-state index contributed by atoms with van der Waals surface area (Å²) in [4.78, 5) is 17.1. The molecule has 0 radical (unpaired) electrons. The van der Waals surface area contributed by atoms with Gasteiger partial charge in [0.1, 0.15) is 0 Å². The molecule has 1 heterocycles. The number of thioether (sulfide) groups is 1. The number of rotatable bonds is 4. The zero-order valence-electron chi connectivity index (χ0n) is 11.3. The molecule has 0 amide bonds. The maximum atomic E-state index is 12.6. The molecule has 1 atom stereocenters. The van der Waals surface area contributed by atoms with Crippen molar-refractivity contribution >= 4 is 38.6 Å². The third-order valence-electron chi connectivity index (χ3n) is 2.79. The highest BCUT2D eigenvalue weighted by Gasteiger charge is 2.14. The fourth-order valence-corrected chi connectivity index (χ4v) is 3.05. The second kappa shape index (κ2) is 6.42. The van der Waals surface area contributed by atoms with Gasteiger partial charge in [-0.15, -0.1) is 0 Å². The van der Waals surface area contributed by atoms with Crippen molar-refractivity contribution in [2.45, 2.75) is 37.2 Å². The lowest BCUT2D eigenvalue weighted by molar-refractivity contribution is 0.584. The Hall–Kier alpha value is -1.32. The Labute approximate surface area is 129 Å². The van der Waals surface area contributed by atoms with Gasteiger partial charge in [-0.05, 0) is 31.5 Å². The van der Waals surface area contributed by atoms with Gasteiger partial charge in [0.05, 0.1) is 22.2 Å². The Morgan fingerprint density at radius 1 is 1.55 bits per heavy atom. The van der Waals surface area contributed by atoms with Gasteiger partial charge in [-0.25, -0.2) is 4.98 Å². The lowest BCUT2D eigenvalue weighted by Crippen LogP contribution is -2.23. The minimum absolute atomic E-state index is 0.0502. The highest BCUT2D eigenvalue weighted by Crippen LogP contribution is 2.23. The van der Waals surface area contributed by atoms with E-state index in [0.29, 0.717) is 22.6 Å². The van der Waals surface area contributed by atoms with Crippen molar-refractivity contribution in [3.8, 4) is 6.07 Å². The highest BCUT2D eigenvalue weighted by molar-refractivity contribution is 9.10. The lowest BCUT2D eigenvalue weighted by atomic mass is 10.2. The number of aromatic nitrogens is 2. The number of fused-ring (bicyclic) bond motifs is 1. The molecule has 0 bridgehead atoms. The summed E-state index contributed by atoms with van der Waals surface area (Å²) in [5.41, 5.74) is 0.615. The van der Waals surface area contributed by atoms with E-state index in [0.717, 1.165) is 10.9 Å². The number of nitriles is 1. The van der Waals surface area contributed by atoms with Crippen molar-refractivity contribution in [1.82, 2.24) is 9.55 Å². The summed E-state index contributed by atoms with van der Waals surface area (Å²) in [5, 5.41) is 9.92. The summed E-state index contributed by atoms with van der Waals surface area (Å²) in [6, 6.07) is 7.63. The summed E-state index contributed by atoms with van der Waals surface area (Å²) in [5.74, 6) is 0. The molecule has 0 saturated heterocycles. The topological polar surface area (TPSA) is 58.7 Å². The van der Waals surface area contributed by atoms with Crippen molar-refractivity contribution in [2.75, 3.05) is 0 Å². The smallest absolute Gasteiger partial charge is 0.262 e. The van der Waals surface area contributed by atoms with Crippen LogP contribution in [0, 0.1) is 11.3 Å². The van der Waals surface area contributed by atoms with Gasteiger partial charge in [0.25, 0.3) is 5.56 Å². The summed E-state index contributed by atoms with van der Waals surface area (Å²) >= 11 is 4.70. The van der Waals surface area contributed by atoms with Crippen LogP contribution < -0.4 is 5.56 Å². The number of nitrogens with zero attached hydrogens (tertiary/aromatic N) is 3. The summed E-state index contributed by atoms with van der Waals surface area (Å²) in [6.07, 6.45) is 0.843. The maximum absolute atomic E-state index is 12.6. The molecule has 2 rings (SSSR count). The number of hydrogen-bond donors (Lipinski definition) is 0. The van der Waals surface area contributed by atoms with Crippen LogP contribution in [0.3, 0.4) is 0 Å². The first-order chi connectivity index (χ1) is 9.56. The standard InChI is InChI=1S/C14H14BrN3OS/c1-3-6-18-13(19)11-7-10(15)4-5-12(11)17-14(18)20-9(2)8-16/h4-5,7,9H,3,6H2,1-2H3/t9-/m1/s1. The van der Waals surface area contributed by atoms with Crippen LogP contribution in [0.1, 0.15) is 20.3 Å². The van der Waals surface area contributed by atoms with E-state index >= 15 is 0 Å². The van der Waals surface area contributed by atoms with E-state index in [9.17, 15) is 4.79 Å². The van der Waals surface area contributed by atoms with Crippen LogP contribution in [0.25, 0.3) is 10.9 Å². The summed E-state index contributed by atoms with van der Waals surface area (Å²) < 4.78 is 2.52. The molecule has 0 aliphatic heterocycles. The van der Waals surface area contributed by atoms with Crippen LogP contribution in [0.2, 0.25) is 0 Å². The molecule has 1 aromatic heterocycles. The molecule has 0 unspecified atom stereocenters. The third-order valence-corrected chi connectivity index (χ3v) is 4.27. The molecule has 6 heteroatoms. The molecule has 2 aromatic rings. The number of benzene rings is 1. The molecule has 1 aromatic carbocycles. The normalized spacial score (nSPS) is 12.3. The Morgan fingerprint density at radius 2 is 2.30 bits per heavy atom. The van der Waals surface area contributed by atoms with Crippen molar-refractivity contribution in [3.63, 3.8) is 0 Å². The van der Waals surface area contributed by atoms with Gasteiger partial charge in [-0.3, -0.25) is 9.36 Å². The van der Waals surface area contributed by atoms with E-state index < -0.39 is 0 Å². The molecule has 104 valence electrons. The molecule has 20 heavy (non-hydrogen) atoms. The Morgan fingerprint density at radius 3 is 2.95 bits per heavy atom. The predicted molar refractivity (Wildman–Crippen MR) is 84.9 cm³/mol. The monoisotopic (exact) mass is 351 g/mol. The van der Waals surface area contributed by atoms with Crippen LogP contribution >= 0.6 is 27.7 Å². The first-order valence-corrected chi connectivity index (χ1v) is 8.00. The largest absolute Gasteiger partial charge is 0.287 e. The van der Waals surface area contributed by atoms with E-state index in [1.54, 1.807) is 17.6 Å². The van der Waals surface area contributed by atoms with Crippen LogP contribution in [0.5, 0.6) is 0 Å². The van der Waals surface area contributed by atoms with Crippen LogP contribution in [0.15, 0.2) is 32.6 Å². The molecule has 0 aliphatic rings. The SMILES string of the molecule is CCCn1c(S[C@H](C)C#N)nc2ccc(Br)cc2c1=O. The molecule has 4 nitrogen and oxygen atoms in total. The van der Waals surface area contributed by atoms with Gasteiger partial charge in [0.15, 0.2) is 5.16 Å². The fourth-order valence-electron chi connectivity index (χ4n) is 1.87. The zero-order valence-corrected chi connectivity index (χ0v) is 13.7. The predicted octanol–water partition coefficient (Wildman–Crippen LogP) is 3.57. The van der Waals surface area contributed by atoms with Crippen molar-refractivity contribution < 1.29 is 0 Å².